The largest absolute Gasteiger partial charge is 0.417 e. The summed E-state index contributed by atoms with van der Waals surface area (Å²) >= 11 is 1.46. The summed E-state index contributed by atoms with van der Waals surface area (Å²) in [5, 5.41) is 6.90. The number of nitrogen functional groups attached to an aromatic ring is 1. The van der Waals surface area contributed by atoms with Gasteiger partial charge in [-0.3, -0.25) is 4.90 Å². The monoisotopic (exact) mass is 508 g/mol. The highest BCUT2D eigenvalue weighted by atomic mass is 32.1. The summed E-state index contributed by atoms with van der Waals surface area (Å²) in [5.74, 6) is 0.354. The molecule has 0 radical (unpaired) electrons. The van der Waals surface area contributed by atoms with Crippen molar-refractivity contribution < 1.29 is 17.9 Å². The quantitative estimate of drug-likeness (QED) is 0.418. The molecule has 0 saturated carbocycles. The van der Waals surface area contributed by atoms with E-state index in [0.717, 1.165) is 36.8 Å². The first-order valence-corrected chi connectivity index (χ1v) is 12.1. The molecule has 4 rings (SSSR count). The molecule has 0 spiro atoms. The van der Waals surface area contributed by atoms with Gasteiger partial charge in [-0.15, -0.1) is 11.3 Å². The second kappa shape index (κ2) is 10.8. The van der Waals surface area contributed by atoms with E-state index in [1.807, 2.05) is 0 Å². The van der Waals surface area contributed by atoms with Crippen molar-refractivity contribution in [1.29, 1.82) is 0 Å². The van der Waals surface area contributed by atoms with Crippen LogP contribution >= 0.6 is 11.3 Å². The molecule has 13 heteroatoms. The number of rotatable bonds is 8. The number of hydrogen-bond donors (Lipinski definition) is 3. The maximum Gasteiger partial charge on any atom is 0.417 e. The van der Waals surface area contributed by atoms with Crippen LogP contribution in [0.15, 0.2) is 24.5 Å². The van der Waals surface area contributed by atoms with E-state index in [1.54, 1.807) is 6.20 Å². The number of morpholine rings is 1. The van der Waals surface area contributed by atoms with Gasteiger partial charge in [0.1, 0.15) is 17.7 Å². The lowest BCUT2D eigenvalue weighted by Crippen LogP contribution is -2.34. The number of nitrogens with two attached hydrogens (primary N) is 1. The molecule has 3 aromatic heterocycles. The van der Waals surface area contributed by atoms with Crippen molar-refractivity contribution in [1.82, 2.24) is 30.2 Å². The molecule has 188 valence electrons. The van der Waals surface area contributed by atoms with Gasteiger partial charge in [0, 0.05) is 48.5 Å². The zero-order valence-electron chi connectivity index (χ0n) is 19.4. The minimum atomic E-state index is -4.64. The van der Waals surface area contributed by atoms with Crippen molar-refractivity contribution in [3.8, 4) is 11.3 Å². The molecule has 1 atom stereocenters. The lowest BCUT2D eigenvalue weighted by Gasteiger charge is -2.23. The van der Waals surface area contributed by atoms with Crippen LogP contribution in [0.2, 0.25) is 0 Å². The average Bonchev–Trinajstić information content (AvgIpc) is 3.29. The zero-order chi connectivity index (χ0) is 25.0. The fraction of sp³-hybridized carbons (Fsp3) is 0.455. The number of alkyl halides is 3. The smallest absolute Gasteiger partial charge is 0.384 e. The van der Waals surface area contributed by atoms with Gasteiger partial charge in [0.25, 0.3) is 0 Å². The normalized spacial score (nSPS) is 16.6. The minimum Gasteiger partial charge on any atom is -0.384 e. The van der Waals surface area contributed by atoms with Crippen LogP contribution in [-0.2, 0) is 17.5 Å². The summed E-state index contributed by atoms with van der Waals surface area (Å²) in [7, 11) is 0. The lowest BCUT2D eigenvalue weighted by atomic mass is 10.1. The summed E-state index contributed by atoms with van der Waals surface area (Å²) in [6.45, 7) is 8.36. The number of pyridine rings is 1. The van der Waals surface area contributed by atoms with Gasteiger partial charge < -0.3 is 21.1 Å². The van der Waals surface area contributed by atoms with E-state index in [1.165, 1.54) is 17.4 Å². The van der Waals surface area contributed by atoms with Crippen LogP contribution in [0.5, 0.6) is 0 Å². The molecule has 0 aromatic carbocycles. The summed E-state index contributed by atoms with van der Waals surface area (Å²) in [5.41, 5.74) is 4.50. The lowest BCUT2D eigenvalue weighted by molar-refractivity contribution is -0.137. The molecule has 1 unspecified atom stereocenters. The Morgan fingerprint density at radius 3 is 2.69 bits per heavy atom. The number of aromatic nitrogens is 4. The van der Waals surface area contributed by atoms with Crippen LogP contribution in [0.1, 0.15) is 36.2 Å². The highest BCUT2D eigenvalue weighted by molar-refractivity contribution is 7.15. The summed E-state index contributed by atoms with van der Waals surface area (Å²) in [6.07, 6.45) is -2.27. The SMILES string of the molecule is CCN(CC)Cc1cnc(Nc2cc(-c3cnc(N)cc3C(F)(F)F)nc(C3CNCCO3)n2)s1. The highest BCUT2D eigenvalue weighted by Gasteiger charge is 2.35. The number of anilines is 3. The van der Waals surface area contributed by atoms with E-state index in [0.29, 0.717) is 30.6 Å². The molecular formula is C22H27F3N8OS. The van der Waals surface area contributed by atoms with E-state index in [9.17, 15) is 13.2 Å². The molecule has 1 saturated heterocycles. The Kier molecular flexibility index (Phi) is 7.79. The molecule has 1 fully saturated rings. The fourth-order valence-corrected chi connectivity index (χ4v) is 4.53. The van der Waals surface area contributed by atoms with E-state index in [-0.39, 0.29) is 22.9 Å². The Bertz CT molecular complexity index is 1150. The maximum atomic E-state index is 13.8. The van der Waals surface area contributed by atoms with Gasteiger partial charge in [-0.25, -0.2) is 19.9 Å². The number of thiazole rings is 1. The van der Waals surface area contributed by atoms with E-state index >= 15 is 0 Å². The first-order chi connectivity index (χ1) is 16.8. The third-order valence-corrected chi connectivity index (χ3v) is 6.43. The Morgan fingerprint density at radius 2 is 2.00 bits per heavy atom. The molecule has 4 heterocycles. The van der Waals surface area contributed by atoms with Gasteiger partial charge >= 0.3 is 6.18 Å². The van der Waals surface area contributed by atoms with Gasteiger partial charge in [-0.2, -0.15) is 13.2 Å². The van der Waals surface area contributed by atoms with E-state index in [2.05, 4.69) is 49.3 Å². The molecule has 1 aliphatic rings. The first-order valence-electron chi connectivity index (χ1n) is 11.2. The summed E-state index contributed by atoms with van der Waals surface area (Å²) < 4.78 is 47.1. The van der Waals surface area contributed by atoms with Crippen molar-refractivity contribution in [2.75, 3.05) is 43.8 Å². The molecular weight excluding hydrogens is 481 g/mol. The molecule has 0 aliphatic carbocycles. The Balaban J connectivity index is 1.71. The molecule has 0 amide bonds. The second-order valence-electron chi connectivity index (χ2n) is 7.93. The van der Waals surface area contributed by atoms with Crippen LogP contribution in [0, 0.1) is 0 Å². The van der Waals surface area contributed by atoms with Crippen molar-refractivity contribution in [2.45, 2.75) is 32.7 Å². The Morgan fingerprint density at radius 1 is 1.20 bits per heavy atom. The highest BCUT2D eigenvalue weighted by Crippen LogP contribution is 2.38. The van der Waals surface area contributed by atoms with Gasteiger partial charge in [0.2, 0.25) is 0 Å². The number of nitrogens with zero attached hydrogens (tertiary/aromatic N) is 5. The van der Waals surface area contributed by atoms with Crippen molar-refractivity contribution in [3.63, 3.8) is 0 Å². The van der Waals surface area contributed by atoms with Gasteiger partial charge in [-0.05, 0) is 19.2 Å². The number of halogens is 3. The van der Waals surface area contributed by atoms with Gasteiger partial charge in [0.05, 0.1) is 17.9 Å². The Labute approximate surface area is 205 Å². The zero-order valence-corrected chi connectivity index (χ0v) is 20.2. The van der Waals surface area contributed by atoms with Crippen LogP contribution < -0.4 is 16.4 Å². The van der Waals surface area contributed by atoms with Crippen LogP contribution in [0.25, 0.3) is 11.3 Å². The number of nitrogens with one attached hydrogen (secondary N) is 2. The van der Waals surface area contributed by atoms with Crippen molar-refractivity contribution >= 4 is 28.1 Å². The molecule has 1 aliphatic heterocycles. The number of ether oxygens (including phenoxy) is 1. The number of hydrogen-bond acceptors (Lipinski definition) is 10. The molecule has 0 bridgehead atoms. The van der Waals surface area contributed by atoms with Gasteiger partial charge in [0.15, 0.2) is 11.0 Å². The standard InChI is InChI=1S/C22H27F3N8OS/c1-3-33(4-2)12-13-9-29-21(35-13)32-19-8-16(30-20(31-19)17-11-27-5-6-34-17)14-10-28-18(26)7-15(14)22(23,24)25/h7-10,17,27H,3-6,11-12H2,1-2H3,(H2,26,28)(H,29,30,31,32). The third-order valence-electron chi connectivity index (χ3n) is 5.53. The second-order valence-corrected chi connectivity index (χ2v) is 9.05. The first kappa shape index (κ1) is 25.2. The van der Waals surface area contributed by atoms with Gasteiger partial charge in [-0.1, -0.05) is 13.8 Å². The molecule has 9 nitrogen and oxygen atoms in total. The summed E-state index contributed by atoms with van der Waals surface area (Å²) in [4.78, 5) is 20.6. The molecule has 3 aromatic rings. The predicted octanol–water partition coefficient (Wildman–Crippen LogP) is 3.84. The maximum absolute atomic E-state index is 13.8. The third kappa shape index (κ3) is 6.23. The topological polar surface area (TPSA) is 114 Å². The van der Waals surface area contributed by atoms with Crippen LogP contribution in [-0.4, -0.2) is 57.6 Å². The molecule has 35 heavy (non-hydrogen) atoms. The van der Waals surface area contributed by atoms with E-state index in [4.69, 9.17) is 10.5 Å². The van der Waals surface area contributed by atoms with Crippen molar-refractivity contribution in [3.05, 3.63) is 40.8 Å². The molecule has 4 N–H and O–H groups in total. The predicted molar refractivity (Wildman–Crippen MR) is 128 cm³/mol. The average molecular weight is 509 g/mol. The Hall–Kier alpha value is -2.87. The van der Waals surface area contributed by atoms with Crippen LogP contribution in [0.3, 0.4) is 0 Å². The fourth-order valence-electron chi connectivity index (χ4n) is 3.67. The summed E-state index contributed by atoms with van der Waals surface area (Å²) in [6, 6.07) is 2.26. The van der Waals surface area contributed by atoms with E-state index < -0.39 is 17.8 Å². The minimum absolute atomic E-state index is 0.0615. The van der Waals surface area contributed by atoms with Crippen LogP contribution in [0.4, 0.5) is 29.9 Å². The van der Waals surface area contributed by atoms with Crippen molar-refractivity contribution in [2.24, 2.45) is 0 Å².